The van der Waals surface area contributed by atoms with Gasteiger partial charge in [0, 0.05) is 12.0 Å². The summed E-state index contributed by atoms with van der Waals surface area (Å²) in [6.45, 7) is 5.66. The lowest BCUT2D eigenvalue weighted by atomic mass is 9.70. The third-order valence-corrected chi connectivity index (χ3v) is 5.42. The average Bonchev–Trinajstić information content (AvgIpc) is 3.19. The maximum atomic E-state index is 5.97. The van der Waals surface area contributed by atoms with Crippen molar-refractivity contribution in [1.82, 2.24) is 0 Å². The molecule has 19 heavy (non-hydrogen) atoms. The summed E-state index contributed by atoms with van der Waals surface area (Å²) in [5, 5.41) is 0. The zero-order chi connectivity index (χ0) is 13.5. The van der Waals surface area contributed by atoms with Crippen molar-refractivity contribution in [3.8, 4) is 0 Å². The highest BCUT2D eigenvalue weighted by atomic mass is 14.7. The molecule has 3 rings (SSSR count). The molecule has 2 saturated carbocycles. The molecule has 0 radical (unpaired) electrons. The van der Waals surface area contributed by atoms with E-state index in [2.05, 4.69) is 38.1 Å². The van der Waals surface area contributed by atoms with Crippen LogP contribution in [0.25, 0.3) is 0 Å². The Kier molecular flexibility index (Phi) is 3.21. The van der Waals surface area contributed by atoms with Crippen LogP contribution in [0.15, 0.2) is 24.3 Å². The van der Waals surface area contributed by atoms with Crippen LogP contribution in [0.3, 0.4) is 0 Å². The summed E-state index contributed by atoms with van der Waals surface area (Å²) < 4.78 is 0. The van der Waals surface area contributed by atoms with E-state index in [1.165, 1.54) is 44.1 Å². The summed E-state index contributed by atoms with van der Waals surface area (Å²) >= 11 is 0. The molecule has 1 unspecified atom stereocenters. The summed E-state index contributed by atoms with van der Waals surface area (Å²) in [7, 11) is 0. The van der Waals surface area contributed by atoms with E-state index in [0.29, 0.717) is 10.8 Å². The van der Waals surface area contributed by atoms with Gasteiger partial charge in [-0.05, 0) is 54.6 Å². The third kappa shape index (κ3) is 2.58. The molecule has 1 atom stereocenters. The molecule has 2 aliphatic carbocycles. The predicted octanol–water partition coefficient (Wildman–Crippen LogP) is 4.36. The molecule has 0 saturated heterocycles. The maximum absolute atomic E-state index is 5.97. The normalized spacial score (nSPS) is 28.1. The van der Waals surface area contributed by atoms with Gasteiger partial charge in [-0.15, -0.1) is 0 Å². The lowest BCUT2D eigenvalue weighted by molar-refractivity contribution is 0.219. The van der Waals surface area contributed by atoms with Crippen LogP contribution in [0.1, 0.15) is 69.4 Å². The van der Waals surface area contributed by atoms with E-state index in [-0.39, 0.29) is 0 Å². The Morgan fingerprint density at radius 2 is 2.00 bits per heavy atom. The van der Waals surface area contributed by atoms with E-state index in [1.54, 1.807) is 5.56 Å². The van der Waals surface area contributed by atoms with Gasteiger partial charge in [0.2, 0.25) is 0 Å². The Balaban J connectivity index is 1.83. The van der Waals surface area contributed by atoms with Crippen LogP contribution in [0.2, 0.25) is 0 Å². The summed E-state index contributed by atoms with van der Waals surface area (Å²) in [6.07, 6.45) is 8.03. The minimum atomic E-state index is 0.334. The molecule has 1 heteroatoms. The zero-order valence-corrected chi connectivity index (χ0v) is 12.4. The smallest absolute Gasteiger partial charge is 0.00763 e. The zero-order valence-electron chi connectivity index (χ0n) is 12.4. The van der Waals surface area contributed by atoms with Crippen molar-refractivity contribution in [3.63, 3.8) is 0 Å². The number of hydrogen-bond acceptors (Lipinski definition) is 1. The highest BCUT2D eigenvalue weighted by molar-refractivity contribution is 5.36. The molecule has 0 spiro atoms. The van der Waals surface area contributed by atoms with Crippen LogP contribution in [-0.4, -0.2) is 6.54 Å². The van der Waals surface area contributed by atoms with Crippen molar-refractivity contribution in [1.29, 1.82) is 0 Å². The SMILES string of the molecule is CC1(C)CCCC(c2cccc(C3(CN)CC3)c2)C1. The van der Waals surface area contributed by atoms with Gasteiger partial charge < -0.3 is 5.73 Å². The van der Waals surface area contributed by atoms with Gasteiger partial charge in [0.1, 0.15) is 0 Å². The second-order valence-electron chi connectivity index (χ2n) is 7.57. The van der Waals surface area contributed by atoms with Gasteiger partial charge in [0.25, 0.3) is 0 Å². The fraction of sp³-hybridized carbons (Fsp3) is 0.667. The summed E-state index contributed by atoms with van der Waals surface area (Å²) in [4.78, 5) is 0. The Bertz CT molecular complexity index is 457. The fourth-order valence-corrected chi connectivity index (χ4v) is 3.87. The first-order valence-electron chi connectivity index (χ1n) is 7.85. The van der Waals surface area contributed by atoms with Gasteiger partial charge in [-0.2, -0.15) is 0 Å². The lowest BCUT2D eigenvalue weighted by Crippen LogP contribution is -2.22. The van der Waals surface area contributed by atoms with Crippen molar-refractivity contribution >= 4 is 0 Å². The molecule has 0 aliphatic heterocycles. The molecule has 0 bridgehead atoms. The lowest BCUT2D eigenvalue weighted by Gasteiger charge is -2.35. The Hall–Kier alpha value is -0.820. The molecule has 2 N–H and O–H groups in total. The van der Waals surface area contributed by atoms with Gasteiger partial charge in [-0.1, -0.05) is 44.5 Å². The molecule has 104 valence electrons. The first kappa shape index (κ1) is 13.2. The number of benzene rings is 1. The molecule has 2 aliphatic rings. The Morgan fingerprint density at radius 1 is 1.21 bits per heavy atom. The Morgan fingerprint density at radius 3 is 2.63 bits per heavy atom. The molecule has 0 heterocycles. The van der Waals surface area contributed by atoms with Crippen LogP contribution in [0.4, 0.5) is 0 Å². The van der Waals surface area contributed by atoms with Gasteiger partial charge in [0.05, 0.1) is 0 Å². The van der Waals surface area contributed by atoms with Crippen LogP contribution < -0.4 is 5.73 Å². The quantitative estimate of drug-likeness (QED) is 0.855. The van der Waals surface area contributed by atoms with Crippen molar-refractivity contribution < 1.29 is 0 Å². The summed E-state index contributed by atoms with van der Waals surface area (Å²) in [5.74, 6) is 0.761. The minimum absolute atomic E-state index is 0.334. The second kappa shape index (κ2) is 4.63. The average molecular weight is 257 g/mol. The fourth-order valence-electron chi connectivity index (χ4n) is 3.87. The van der Waals surface area contributed by atoms with Crippen molar-refractivity contribution in [2.24, 2.45) is 11.1 Å². The molecular weight excluding hydrogens is 230 g/mol. The summed E-state index contributed by atoms with van der Waals surface area (Å²) in [5.41, 5.74) is 9.88. The maximum Gasteiger partial charge on any atom is 0.00763 e. The first-order chi connectivity index (χ1) is 9.05. The molecule has 1 nitrogen and oxygen atoms in total. The van der Waals surface area contributed by atoms with E-state index >= 15 is 0 Å². The second-order valence-corrected chi connectivity index (χ2v) is 7.57. The largest absolute Gasteiger partial charge is 0.330 e. The molecule has 2 fully saturated rings. The van der Waals surface area contributed by atoms with Crippen molar-refractivity contribution in [2.75, 3.05) is 6.54 Å². The minimum Gasteiger partial charge on any atom is -0.330 e. The monoisotopic (exact) mass is 257 g/mol. The van der Waals surface area contributed by atoms with Gasteiger partial charge in [-0.25, -0.2) is 0 Å². The molecule has 0 aromatic heterocycles. The predicted molar refractivity (Wildman–Crippen MR) is 81.4 cm³/mol. The number of hydrogen-bond donors (Lipinski definition) is 1. The van der Waals surface area contributed by atoms with Gasteiger partial charge in [-0.3, -0.25) is 0 Å². The van der Waals surface area contributed by atoms with E-state index in [0.717, 1.165) is 12.5 Å². The van der Waals surface area contributed by atoms with Gasteiger partial charge in [0.15, 0.2) is 0 Å². The van der Waals surface area contributed by atoms with E-state index in [4.69, 9.17) is 5.73 Å². The topological polar surface area (TPSA) is 26.0 Å². The molecule has 1 aromatic carbocycles. The summed E-state index contributed by atoms with van der Waals surface area (Å²) in [6, 6.07) is 9.34. The van der Waals surface area contributed by atoms with Crippen LogP contribution >= 0.6 is 0 Å². The number of nitrogens with two attached hydrogens (primary N) is 1. The van der Waals surface area contributed by atoms with Crippen molar-refractivity contribution in [2.45, 2.75) is 63.7 Å². The van der Waals surface area contributed by atoms with Gasteiger partial charge >= 0.3 is 0 Å². The molecule has 1 aromatic rings. The Labute approximate surface area is 117 Å². The van der Waals surface area contributed by atoms with Crippen molar-refractivity contribution in [3.05, 3.63) is 35.4 Å². The molecular formula is C18H27N. The first-order valence-corrected chi connectivity index (χ1v) is 7.85. The highest BCUT2D eigenvalue weighted by Gasteiger charge is 2.43. The third-order valence-electron chi connectivity index (χ3n) is 5.42. The van der Waals surface area contributed by atoms with Crippen LogP contribution in [0.5, 0.6) is 0 Å². The molecule has 0 amide bonds. The van der Waals surface area contributed by atoms with E-state index < -0.39 is 0 Å². The van der Waals surface area contributed by atoms with Crippen LogP contribution in [0, 0.1) is 5.41 Å². The van der Waals surface area contributed by atoms with Crippen LogP contribution in [-0.2, 0) is 5.41 Å². The standard InChI is InChI=1S/C18H27N/c1-17(2)8-4-6-15(12-17)14-5-3-7-16(11-14)18(13-19)9-10-18/h3,5,7,11,15H,4,6,8-10,12-13,19H2,1-2H3. The highest BCUT2D eigenvalue weighted by Crippen LogP contribution is 2.49. The van der Waals surface area contributed by atoms with E-state index in [1.807, 2.05) is 0 Å². The van der Waals surface area contributed by atoms with E-state index in [9.17, 15) is 0 Å². The number of rotatable bonds is 3.